The number of nitro groups is 1. The van der Waals surface area contributed by atoms with Crippen molar-refractivity contribution in [3.8, 4) is 0 Å². The van der Waals surface area contributed by atoms with Gasteiger partial charge in [0.2, 0.25) is 21.8 Å². The summed E-state index contributed by atoms with van der Waals surface area (Å²) in [4.78, 5) is 55.3. The Morgan fingerprint density at radius 1 is 1.18 bits per heavy atom. The fourth-order valence-electron chi connectivity index (χ4n) is 2.31. The van der Waals surface area contributed by atoms with Gasteiger partial charge in [0.1, 0.15) is 23.7 Å². The van der Waals surface area contributed by atoms with Crippen molar-refractivity contribution in [1.29, 1.82) is 0 Å². The Bertz CT molecular complexity index is 1050. The first-order chi connectivity index (χ1) is 15.3. The molecular formula is C16H19ClN4O10S2. The molecule has 2 amide bonds. The Morgan fingerprint density at radius 2 is 1.82 bits per heavy atom. The number of nitrogens with zero attached hydrogens (tertiary/aromatic N) is 1. The number of rotatable bonds is 13. The van der Waals surface area contributed by atoms with Crippen LogP contribution < -0.4 is 15.4 Å². The Morgan fingerprint density at radius 3 is 2.33 bits per heavy atom. The summed E-state index contributed by atoms with van der Waals surface area (Å²) in [7, 11) is -4.54. The summed E-state index contributed by atoms with van der Waals surface area (Å²) in [5, 5.41) is 32.7. The highest BCUT2D eigenvalue weighted by Crippen LogP contribution is 2.27. The minimum atomic E-state index is -4.54. The first-order valence-corrected chi connectivity index (χ1v) is 11.4. The predicted octanol–water partition coefficient (Wildman–Crippen LogP) is -0.625. The number of nitrogens with one attached hydrogen (secondary N) is 3. The number of aliphatic carboxylic acids is 2. The number of hydrogen-bond acceptors (Lipinski definition) is 9. The highest BCUT2D eigenvalue weighted by atomic mass is 35.5. The molecule has 0 fully saturated rings. The smallest absolute Gasteiger partial charge is 0.322 e. The molecule has 2 atom stereocenters. The summed E-state index contributed by atoms with van der Waals surface area (Å²) < 4.78 is 26.8. The van der Waals surface area contributed by atoms with Gasteiger partial charge in [-0.15, -0.1) is 0 Å². The molecule has 0 heterocycles. The third-order valence-corrected chi connectivity index (χ3v) is 6.08. The molecule has 0 radical (unpaired) electrons. The van der Waals surface area contributed by atoms with Crippen LogP contribution in [-0.4, -0.2) is 71.7 Å². The van der Waals surface area contributed by atoms with Gasteiger partial charge in [0.25, 0.3) is 5.69 Å². The highest BCUT2D eigenvalue weighted by Gasteiger charge is 2.28. The van der Waals surface area contributed by atoms with E-state index in [1.54, 1.807) is 0 Å². The number of benzene rings is 1. The lowest BCUT2D eigenvalue weighted by atomic mass is 10.1. The Kier molecular flexibility index (Phi) is 10.5. The van der Waals surface area contributed by atoms with E-state index in [0.29, 0.717) is 6.07 Å². The van der Waals surface area contributed by atoms with Crippen LogP contribution in [0.15, 0.2) is 23.1 Å². The van der Waals surface area contributed by atoms with Crippen molar-refractivity contribution >= 4 is 63.7 Å². The minimum absolute atomic E-state index is 0.193. The molecule has 0 aromatic heterocycles. The van der Waals surface area contributed by atoms with Crippen LogP contribution in [0, 0.1) is 10.1 Å². The molecule has 33 heavy (non-hydrogen) atoms. The molecule has 0 aliphatic heterocycles. The Hall–Kier alpha value is -2.95. The maximum absolute atomic E-state index is 12.5. The number of carboxylic acid groups (broad SMARTS) is 2. The predicted molar refractivity (Wildman–Crippen MR) is 116 cm³/mol. The molecule has 182 valence electrons. The topological polar surface area (TPSA) is 222 Å². The second-order valence-electron chi connectivity index (χ2n) is 6.34. The molecule has 1 aromatic rings. The molecule has 2 unspecified atom stereocenters. The van der Waals surface area contributed by atoms with E-state index in [-0.39, 0.29) is 10.8 Å². The SMILES string of the molecule is O=C(O)CNC(=O)C(CS)NC(=O)CCC(NS(=O)(=O)c1ccc(Cl)c([N+](=O)[O-])c1)C(=O)O. The van der Waals surface area contributed by atoms with Crippen molar-refractivity contribution in [2.24, 2.45) is 0 Å². The fourth-order valence-corrected chi connectivity index (χ4v) is 4.00. The lowest BCUT2D eigenvalue weighted by Gasteiger charge is -2.17. The number of carbonyl (C=O) groups excluding carboxylic acids is 2. The third kappa shape index (κ3) is 8.83. The average molecular weight is 527 g/mol. The Balaban J connectivity index is 2.84. The second-order valence-corrected chi connectivity index (χ2v) is 8.82. The van der Waals surface area contributed by atoms with Gasteiger partial charge in [-0.25, -0.2) is 8.42 Å². The van der Waals surface area contributed by atoms with E-state index in [1.807, 2.05) is 10.0 Å². The number of carboxylic acids is 2. The second kappa shape index (κ2) is 12.3. The van der Waals surface area contributed by atoms with Crippen LogP contribution in [0.25, 0.3) is 0 Å². The van der Waals surface area contributed by atoms with Gasteiger partial charge in [0.15, 0.2) is 0 Å². The summed E-state index contributed by atoms with van der Waals surface area (Å²) in [6.45, 7) is -0.690. The molecule has 14 nitrogen and oxygen atoms in total. The lowest BCUT2D eigenvalue weighted by Crippen LogP contribution is -2.49. The summed E-state index contributed by atoms with van der Waals surface area (Å²) in [5.41, 5.74) is -0.704. The van der Waals surface area contributed by atoms with E-state index in [4.69, 9.17) is 16.7 Å². The maximum Gasteiger partial charge on any atom is 0.322 e. The number of sulfonamides is 1. The number of nitro benzene ring substituents is 1. The van der Waals surface area contributed by atoms with Gasteiger partial charge in [-0.05, 0) is 18.6 Å². The fraction of sp³-hybridized carbons (Fsp3) is 0.375. The molecule has 0 saturated heterocycles. The number of halogens is 1. The molecule has 0 aliphatic rings. The van der Waals surface area contributed by atoms with Crippen LogP contribution in [0.3, 0.4) is 0 Å². The largest absolute Gasteiger partial charge is 0.480 e. The van der Waals surface area contributed by atoms with Gasteiger partial charge in [0.05, 0.1) is 9.82 Å². The van der Waals surface area contributed by atoms with Crippen molar-refractivity contribution in [2.45, 2.75) is 29.8 Å². The van der Waals surface area contributed by atoms with Crippen LogP contribution >= 0.6 is 24.2 Å². The highest BCUT2D eigenvalue weighted by molar-refractivity contribution is 7.89. The first-order valence-electron chi connectivity index (χ1n) is 8.87. The molecular weight excluding hydrogens is 508 g/mol. The number of hydrogen-bond donors (Lipinski definition) is 6. The molecule has 0 bridgehead atoms. The summed E-state index contributed by atoms with van der Waals surface area (Å²) >= 11 is 9.51. The zero-order chi connectivity index (χ0) is 25.3. The number of thiol groups is 1. The third-order valence-electron chi connectivity index (χ3n) is 3.93. The molecule has 17 heteroatoms. The summed E-state index contributed by atoms with van der Waals surface area (Å²) in [5.74, 6) is -4.79. The van der Waals surface area contributed by atoms with E-state index in [2.05, 4.69) is 17.9 Å². The molecule has 0 saturated carbocycles. The molecule has 0 spiro atoms. The lowest BCUT2D eigenvalue weighted by molar-refractivity contribution is -0.384. The van der Waals surface area contributed by atoms with Crippen molar-refractivity contribution in [3.63, 3.8) is 0 Å². The number of amides is 2. The van der Waals surface area contributed by atoms with E-state index >= 15 is 0 Å². The van der Waals surface area contributed by atoms with Crippen LogP contribution in [0.5, 0.6) is 0 Å². The molecule has 1 rings (SSSR count). The normalized spacial score (nSPS) is 12.9. The minimum Gasteiger partial charge on any atom is -0.480 e. The van der Waals surface area contributed by atoms with Crippen molar-refractivity contribution < 1.29 is 42.7 Å². The van der Waals surface area contributed by atoms with E-state index in [0.717, 1.165) is 12.1 Å². The van der Waals surface area contributed by atoms with Crippen LogP contribution in [0.2, 0.25) is 5.02 Å². The van der Waals surface area contributed by atoms with Gasteiger partial charge < -0.3 is 20.8 Å². The molecule has 0 aliphatic carbocycles. The van der Waals surface area contributed by atoms with E-state index < -0.39 is 80.8 Å². The quantitative estimate of drug-likeness (QED) is 0.108. The zero-order valence-electron chi connectivity index (χ0n) is 16.6. The average Bonchev–Trinajstić information content (AvgIpc) is 2.72. The Labute approximate surface area is 197 Å². The maximum atomic E-state index is 12.5. The molecule has 5 N–H and O–H groups in total. The van der Waals surface area contributed by atoms with Gasteiger partial charge in [0, 0.05) is 18.2 Å². The van der Waals surface area contributed by atoms with Crippen molar-refractivity contribution in [1.82, 2.24) is 15.4 Å². The van der Waals surface area contributed by atoms with Gasteiger partial charge in [-0.2, -0.15) is 17.4 Å². The standard InChI is InChI=1S/C16H19ClN4O10S2/c17-9-2-1-8(5-12(9)21(28)29)33(30,31)20-10(16(26)27)3-4-13(22)19-11(7-32)15(25)18-6-14(23)24/h1-2,5,10-11,20,32H,3-4,6-7H2,(H,18,25)(H,19,22)(H,23,24)(H,26,27). The summed E-state index contributed by atoms with van der Waals surface area (Å²) in [6.07, 6.45) is -1.07. The van der Waals surface area contributed by atoms with Gasteiger partial charge in [-0.1, -0.05) is 11.6 Å². The van der Waals surface area contributed by atoms with Crippen LogP contribution in [0.4, 0.5) is 5.69 Å². The van der Waals surface area contributed by atoms with E-state index in [1.165, 1.54) is 0 Å². The van der Waals surface area contributed by atoms with Gasteiger partial charge >= 0.3 is 11.9 Å². The zero-order valence-corrected chi connectivity index (χ0v) is 19.0. The van der Waals surface area contributed by atoms with Crippen LogP contribution in [-0.2, 0) is 29.2 Å². The molecule has 1 aromatic carbocycles. The van der Waals surface area contributed by atoms with Crippen LogP contribution in [0.1, 0.15) is 12.8 Å². The summed E-state index contributed by atoms with van der Waals surface area (Å²) in [6, 6.07) is -0.440. The first kappa shape index (κ1) is 28.1. The van der Waals surface area contributed by atoms with Crippen molar-refractivity contribution in [2.75, 3.05) is 12.3 Å². The van der Waals surface area contributed by atoms with Crippen molar-refractivity contribution in [3.05, 3.63) is 33.3 Å². The number of carbonyl (C=O) groups is 4. The van der Waals surface area contributed by atoms with Gasteiger partial charge in [-0.3, -0.25) is 29.3 Å². The van der Waals surface area contributed by atoms with E-state index in [9.17, 15) is 42.8 Å². The monoisotopic (exact) mass is 526 g/mol.